The topological polar surface area (TPSA) is 50.8 Å². The zero-order valence-corrected chi connectivity index (χ0v) is 21.2. The second-order valence-electron chi connectivity index (χ2n) is 10.9. The van der Waals surface area contributed by atoms with Crippen molar-refractivity contribution in [3.05, 3.63) is 35.9 Å². The summed E-state index contributed by atoms with van der Waals surface area (Å²) in [6, 6.07) is 10.7. The first-order valence-corrected chi connectivity index (χ1v) is 14.1. The molecule has 0 aliphatic carbocycles. The van der Waals surface area contributed by atoms with E-state index in [0.717, 1.165) is 31.6 Å². The number of nitrogens with one attached hydrogen (secondary N) is 1. The van der Waals surface area contributed by atoms with E-state index < -0.39 is 13.9 Å². The van der Waals surface area contributed by atoms with E-state index in [1.54, 1.807) is 0 Å². The van der Waals surface area contributed by atoms with Crippen molar-refractivity contribution < 1.29 is 14.0 Å². The third kappa shape index (κ3) is 7.10. The number of benzene rings is 1. The van der Waals surface area contributed by atoms with Gasteiger partial charge in [-0.05, 0) is 57.3 Å². The van der Waals surface area contributed by atoms with Gasteiger partial charge in [0.05, 0.1) is 6.04 Å². The van der Waals surface area contributed by atoms with E-state index in [4.69, 9.17) is 9.16 Å². The van der Waals surface area contributed by atoms with Crippen LogP contribution >= 0.6 is 0 Å². The molecule has 0 bridgehead atoms. The first kappa shape index (κ1) is 24.9. The standard InChI is InChI=1S/C24H42N2O3Si/c1-23(2,3)29-22(27)26-16-14-20(18-21(26)19-12-10-9-11-13-19)25-15-17-28-30(7,8)24(4,5)6/h9-13,20-21,25H,14-18H2,1-8H3/t20?,21-/m0/s1. The molecule has 170 valence electrons. The van der Waals surface area contributed by atoms with Gasteiger partial charge in [0.25, 0.3) is 0 Å². The maximum absolute atomic E-state index is 12.8. The van der Waals surface area contributed by atoms with Crippen LogP contribution in [0.4, 0.5) is 4.79 Å². The summed E-state index contributed by atoms with van der Waals surface area (Å²) in [4.78, 5) is 14.7. The third-order valence-corrected chi connectivity index (χ3v) is 10.8. The fraction of sp³-hybridized carbons (Fsp3) is 0.708. The highest BCUT2D eigenvalue weighted by molar-refractivity contribution is 6.74. The highest BCUT2D eigenvalue weighted by atomic mass is 28.4. The second kappa shape index (κ2) is 9.84. The fourth-order valence-electron chi connectivity index (χ4n) is 3.47. The molecule has 30 heavy (non-hydrogen) atoms. The summed E-state index contributed by atoms with van der Waals surface area (Å²) >= 11 is 0. The summed E-state index contributed by atoms with van der Waals surface area (Å²) in [6.07, 6.45) is 1.57. The zero-order chi connectivity index (χ0) is 22.6. The molecule has 1 aliphatic heterocycles. The Hall–Kier alpha value is -1.37. The summed E-state index contributed by atoms with van der Waals surface area (Å²) in [5.41, 5.74) is 0.668. The highest BCUT2D eigenvalue weighted by Crippen LogP contribution is 2.36. The van der Waals surface area contributed by atoms with Gasteiger partial charge in [0.1, 0.15) is 5.60 Å². The van der Waals surface area contributed by atoms with Crippen LogP contribution in [0.15, 0.2) is 30.3 Å². The molecular weight excluding hydrogens is 392 g/mol. The van der Waals surface area contributed by atoms with Gasteiger partial charge in [0.15, 0.2) is 8.32 Å². The SMILES string of the molecule is CC(C)(C)OC(=O)N1CCC(NCCO[Si](C)(C)C(C)(C)C)C[C@H]1c1ccccc1. The van der Waals surface area contributed by atoms with Crippen LogP contribution in [-0.2, 0) is 9.16 Å². The molecule has 2 atom stereocenters. The van der Waals surface area contributed by atoms with Gasteiger partial charge in [-0.2, -0.15) is 0 Å². The molecule has 1 aliphatic rings. The van der Waals surface area contributed by atoms with E-state index in [9.17, 15) is 4.79 Å². The minimum atomic E-state index is -1.72. The number of piperidine rings is 1. The average molecular weight is 435 g/mol. The molecule has 0 radical (unpaired) electrons. The van der Waals surface area contributed by atoms with Crippen LogP contribution in [0, 0.1) is 0 Å². The number of carbonyl (C=O) groups excluding carboxylic acids is 1. The summed E-state index contributed by atoms with van der Waals surface area (Å²) < 4.78 is 12.0. The molecule has 1 aromatic carbocycles. The quantitative estimate of drug-likeness (QED) is 0.458. The number of ether oxygens (including phenoxy) is 1. The molecule has 1 unspecified atom stereocenters. The monoisotopic (exact) mass is 434 g/mol. The molecule has 0 aromatic heterocycles. The molecule has 0 saturated carbocycles. The largest absolute Gasteiger partial charge is 0.444 e. The number of nitrogens with zero attached hydrogens (tertiary/aromatic N) is 1. The number of hydrogen-bond acceptors (Lipinski definition) is 4. The molecule has 1 N–H and O–H groups in total. The molecule has 2 rings (SSSR count). The second-order valence-corrected chi connectivity index (χ2v) is 15.7. The van der Waals surface area contributed by atoms with Gasteiger partial charge in [0, 0.05) is 25.7 Å². The highest BCUT2D eigenvalue weighted by Gasteiger charge is 2.37. The summed E-state index contributed by atoms with van der Waals surface area (Å²) in [5.74, 6) is 0. The predicted molar refractivity (Wildman–Crippen MR) is 126 cm³/mol. The van der Waals surface area contributed by atoms with Gasteiger partial charge in [-0.25, -0.2) is 4.79 Å². The first-order valence-electron chi connectivity index (χ1n) is 11.2. The normalized spacial score (nSPS) is 20.9. The Balaban J connectivity index is 1.98. The smallest absolute Gasteiger partial charge is 0.410 e. The van der Waals surface area contributed by atoms with Gasteiger partial charge in [-0.3, -0.25) is 0 Å². The van der Waals surface area contributed by atoms with Crippen LogP contribution in [0.25, 0.3) is 0 Å². The number of likely N-dealkylation sites (tertiary alicyclic amines) is 1. The van der Waals surface area contributed by atoms with E-state index in [2.05, 4.69) is 51.3 Å². The van der Waals surface area contributed by atoms with Crippen molar-refractivity contribution in [3.8, 4) is 0 Å². The van der Waals surface area contributed by atoms with Crippen molar-refractivity contribution in [1.82, 2.24) is 10.2 Å². The lowest BCUT2D eigenvalue weighted by atomic mass is 9.92. The van der Waals surface area contributed by atoms with Crippen LogP contribution < -0.4 is 5.32 Å². The van der Waals surface area contributed by atoms with Crippen molar-refractivity contribution >= 4 is 14.4 Å². The minimum Gasteiger partial charge on any atom is -0.444 e. The van der Waals surface area contributed by atoms with Crippen molar-refractivity contribution in [1.29, 1.82) is 0 Å². The zero-order valence-electron chi connectivity index (χ0n) is 20.2. The first-order chi connectivity index (χ1) is 13.8. The van der Waals surface area contributed by atoms with Crippen molar-refractivity contribution in [3.63, 3.8) is 0 Å². The Morgan fingerprint density at radius 1 is 1.13 bits per heavy atom. The third-order valence-electron chi connectivity index (χ3n) is 6.22. The van der Waals surface area contributed by atoms with Crippen molar-refractivity contribution in [2.75, 3.05) is 19.7 Å². The van der Waals surface area contributed by atoms with Gasteiger partial charge in [-0.1, -0.05) is 51.1 Å². The van der Waals surface area contributed by atoms with Crippen molar-refractivity contribution in [2.45, 2.75) is 90.2 Å². The van der Waals surface area contributed by atoms with Crippen LogP contribution in [0.1, 0.15) is 66.0 Å². The Morgan fingerprint density at radius 2 is 1.77 bits per heavy atom. The predicted octanol–water partition coefficient (Wildman–Crippen LogP) is 5.74. The summed E-state index contributed by atoms with van der Waals surface area (Å²) in [5, 5.41) is 3.90. The fourth-order valence-corrected chi connectivity index (χ4v) is 4.51. The van der Waals surface area contributed by atoms with Gasteiger partial charge in [0.2, 0.25) is 0 Å². The Bertz CT molecular complexity index is 680. The minimum absolute atomic E-state index is 0.0219. The van der Waals surface area contributed by atoms with Gasteiger partial charge >= 0.3 is 6.09 Å². The number of amides is 1. The molecule has 1 fully saturated rings. The lowest BCUT2D eigenvalue weighted by molar-refractivity contribution is 0.00646. The summed E-state index contributed by atoms with van der Waals surface area (Å²) in [7, 11) is -1.72. The molecule has 1 saturated heterocycles. The molecular formula is C24H42N2O3Si. The maximum Gasteiger partial charge on any atom is 0.410 e. The molecule has 0 spiro atoms. The molecule has 5 nitrogen and oxygen atoms in total. The Kier molecular flexibility index (Phi) is 8.16. The van der Waals surface area contributed by atoms with E-state index in [1.165, 1.54) is 0 Å². The van der Waals surface area contributed by atoms with E-state index in [-0.39, 0.29) is 17.2 Å². The average Bonchev–Trinajstić information content (AvgIpc) is 2.63. The van der Waals surface area contributed by atoms with Gasteiger partial charge < -0.3 is 19.4 Å². The van der Waals surface area contributed by atoms with Gasteiger partial charge in [-0.15, -0.1) is 0 Å². The van der Waals surface area contributed by atoms with Crippen LogP contribution in [0.2, 0.25) is 18.1 Å². The van der Waals surface area contributed by atoms with Crippen molar-refractivity contribution in [2.24, 2.45) is 0 Å². The van der Waals surface area contributed by atoms with E-state index in [1.807, 2.05) is 43.9 Å². The molecule has 1 heterocycles. The van der Waals surface area contributed by atoms with E-state index >= 15 is 0 Å². The Morgan fingerprint density at radius 3 is 2.33 bits per heavy atom. The number of carbonyl (C=O) groups is 1. The Labute approximate surface area is 184 Å². The number of rotatable bonds is 6. The van der Waals surface area contributed by atoms with E-state index in [0.29, 0.717) is 12.6 Å². The lowest BCUT2D eigenvalue weighted by Gasteiger charge is -2.41. The molecule has 6 heteroatoms. The lowest BCUT2D eigenvalue weighted by Crippen LogP contribution is -2.49. The van der Waals surface area contributed by atoms with Crippen LogP contribution in [0.3, 0.4) is 0 Å². The summed E-state index contributed by atoms with van der Waals surface area (Å²) in [6.45, 7) is 19.4. The number of hydrogen-bond donors (Lipinski definition) is 1. The van der Waals surface area contributed by atoms with Crippen LogP contribution in [0.5, 0.6) is 0 Å². The maximum atomic E-state index is 12.8. The molecule has 1 aromatic rings. The molecule has 1 amide bonds. The van der Waals surface area contributed by atoms with Crippen LogP contribution in [-0.4, -0.2) is 50.6 Å².